The Morgan fingerprint density at radius 3 is 0.857 bits per heavy atom. The van der Waals surface area contributed by atoms with Crippen molar-refractivity contribution in [2.24, 2.45) is 0 Å². The number of rotatable bonds is 23. The van der Waals surface area contributed by atoms with Crippen LogP contribution in [0.1, 0.15) is 60.8 Å². The second-order valence-corrected chi connectivity index (χ2v) is 21.4. The molecule has 0 fully saturated rings. The van der Waals surface area contributed by atoms with E-state index in [0.29, 0.717) is 38.5 Å². The number of hydrogen-bond donors (Lipinski definition) is 2. The van der Waals surface area contributed by atoms with Gasteiger partial charge in [0.1, 0.15) is 0 Å². The molecule has 0 bridgehead atoms. The Bertz CT molecular complexity index is 2130. The van der Waals surface area contributed by atoms with Crippen LogP contribution in [0.4, 0.5) is 0 Å². The highest BCUT2D eigenvalue weighted by atomic mass is 32.2. The summed E-state index contributed by atoms with van der Waals surface area (Å²) < 4.78 is 114. The van der Waals surface area contributed by atoms with E-state index in [-0.39, 0.29) is 58.9 Å². The molecule has 0 saturated heterocycles. The van der Waals surface area contributed by atoms with Crippen molar-refractivity contribution in [3.63, 3.8) is 0 Å². The first-order valence-electron chi connectivity index (χ1n) is 18.7. The van der Waals surface area contributed by atoms with Crippen LogP contribution in [0.3, 0.4) is 0 Å². The van der Waals surface area contributed by atoms with E-state index in [1.165, 1.54) is 8.61 Å². The fraction of sp³-hybridized carbons (Fsp3) is 0.400. The normalized spacial score (nSPS) is 12.8. The highest BCUT2D eigenvalue weighted by Gasteiger charge is 2.26. The lowest BCUT2D eigenvalue weighted by Crippen LogP contribution is -2.36. The third-order valence-electron chi connectivity index (χ3n) is 9.30. The highest BCUT2D eigenvalue weighted by Crippen LogP contribution is 2.21. The summed E-state index contributed by atoms with van der Waals surface area (Å²) in [6, 6.07) is 26.2. The Morgan fingerprint density at radius 2 is 0.589 bits per heavy atom. The van der Waals surface area contributed by atoms with Crippen molar-refractivity contribution in [3.05, 3.63) is 119 Å². The fourth-order valence-electron chi connectivity index (χ4n) is 5.84. The number of unbranched alkanes of at least 4 members (excludes halogenated alkanes) is 3. The number of nitrogens with one attached hydrogen (secondary N) is 2. The summed E-state index contributed by atoms with van der Waals surface area (Å²) in [4.78, 5) is 0.607. The second kappa shape index (κ2) is 20.3. The van der Waals surface area contributed by atoms with Gasteiger partial charge < -0.3 is 0 Å². The van der Waals surface area contributed by atoms with E-state index < -0.39 is 40.1 Å². The summed E-state index contributed by atoms with van der Waals surface area (Å²) in [6.45, 7) is 8.29. The van der Waals surface area contributed by atoms with Gasteiger partial charge >= 0.3 is 0 Å². The Labute approximate surface area is 334 Å². The molecule has 0 amide bonds. The maximum atomic E-state index is 13.8. The Morgan fingerprint density at radius 1 is 0.357 bits per heavy atom. The standard InChI is InChI=1S/C40H54N4O8S4/c1-33-11-19-37(20-12-33)53(45,46)41-27-5-7-29-43(55(49,50)39-23-15-35(3)16-24-39)31-9-10-32-44(56(51,52)40-25-17-36(4)18-26-40)30-8-6-28-42-54(47,48)38-21-13-34(2)14-22-38/h11-26,41-42H,5-10,27-32H2,1-4H3. The van der Waals surface area contributed by atoms with Crippen molar-refractivity contribution in [3.8, 4) is 0 Å². The zero-order valence-electron chi connectivity index (χ0n) is 32.5. The third-order valence-corrected chi connectivity index (χ3v) is 16.1. The van der Waals surface area contributed by atoms with Gasteiger partial charge in [-0.3, -0.25) is 0 Å². The summed E-state index contributed by atoms with van der Waals surface area (Å²) in [7, 11) is -15.2. The van der Waals surface area contributed by atoms with Gasteiger partial charge in [-0.2, -0.15) is 8.61 Å². The molecule has 0 unspecified atom stereocenters. The Balaban J connectivity index is 1.38. The molecule has 4 aromatic rings. The van der Waals surface area contributed by atoms with E-state index in [4.69, 9.17) is 0 Å². The van der Waals surface area contributed by atoms with Crippen LogP contribution < -0.4 is 9.44 Å². The molecule has 0 aliphatic rings. The lowest BCUT2D eigenvalue weighted by Gasteiger charge is -2.25. The quantitative estimate of drug-likeness (QED) is 0.0871. The van der Waals surface area contributed by atoms with E-state index in [1.807, 2.05) is 27.7 Å². The summed E-state index contributed by atoms with van der Waals surface area (Å²) in [5.74, 6) is 0. The molecule has 0 spiro atoms. The summed E-state index contributed by atoms with van der Waals surface area (Å²) in [5, 5.41) is 0. The van der Waals surface area contributed by atoms with Crippen LogP contribution >= 0.6 is 0 Å². The van der Waals surface area contributed by atoms with E-state index in [0.717, 1.165) is 22.3 Å². The average Bonchev–Trinajstić information content (AvgIpc) is 3.15. The van der Waals surface area contributed by atoms with E-state index >= 15 is 0 Å². The predicted molar refractivity (Wildman–Crippen MR) is 220 cm³/mol. The van der Waals surface area contributed by atoms with Gasteiger partial charge in [-0.15, -0.1) is 0 Å². The zero-order chi connectivity index (χ0) is 41.0. The van der Waals surface area contributed by atoms with Gasteiger partial charge in [-0.05, 0) is 115 Å². The molecule has 2 N–H and O–H groups in total. The second-order valence-electron chi connectivity index (χ2n) is 14.0. The molecule has 16 heteroatoms. The molecule has 4 aromatic carbocycles. The van der Waals surface area contributed by atoms with Crippen LogP contribution in [0.15, 0.2) is 117 Å². The molecule has 306 valence electrons. The molecular weight excluding hydrogens is 793 g/mol. The molecular formula is C40H54N4O8S4. The Kier molecular flexibility index (Phi) is 16.4. The van der Waals surface area contributed by atoms with Gasteiger partial charge in [0.25, 0.3) is 0 Å². The number of aryl methyl sites for hydroxylation is 4. The minimum atomic E-state index is -3.90. The van der Waals surface area contributed by atoms with Gasteiger partial charge in [0, 0.05) is 39.3 Å². The average molecular weight is 847 g/mol. The van der Waals surface area contributed by atoms with Crippen LogP contribution in [0.5, 0.6) is 0 Å². The zero-order valence-corrected chi connectivity index (χ0v) is 35.8. The SMILES string of the molecule is Cc1ccc(S(=O)(=O)NCCCCN(CCCCN(CCCCNS(=O)(=O)c2ccc(C)cc2)S(=O)(=O)c2ccc(C)cc2)S(=O)(=O)c2ccc(C)cc2)cc1. The number of nitrogens with zero attached hydrogens (tertiary/aromatic N) is 2. The van der Waals surface area contributed by atoms with Crippen LogP contribution in [0, 0.1) is 27.7 Å². The maximum absolute atomic E-state index is 13.8. The van der Waals surface area contributed by atoms with E-state index in [2.05, 4.69) is 9.44 Å². The van der Waals surface area contributed by atoms with Crippen molar-refractivity contribution in [1.82, 2.24) is 18.1 Å². The lowest BCUT2D eigenvalue weighted by molar-refractivity contribution is 0.359. The maximum Gasteiger partial charge on any atom is 0.243 e. The van der Waals surface area contributed by atoms with Crippen LogP contribution in [-0.2, 0) is 40.1 Å². The van der Waals surface area contributed by atoms with Gasteiger partial charge in [0.2, 0.25) is 40.1 Å². The van der Waals surface area contributed by atoms with Gasteiger partial charge in [-0.1, -0.05) is 70.8 Å². The molecule has 56 heavy (non-hydrogen) atoms. The van der Waals surface area contributed by atoms with Crippen LogP contribution in [0.25, 0.3) is 0 Å². The topological polar surface area (TPSA) is 167 Å². The van der Waals surface area contributed by atoms with E-state index in [9.17, 15) is 33.7 Å². The van der Waals surface area contributed by atoms with Crippen molar-refractivity contribution in [1.29, 1.82) is 0 Å². The molecule has 0 saturated carbocycles. The summed E-state index contributed by atoms with van der Waals surface area (Å²) in [5.41, 5.74) is 3.71. The number of hydrogen-bond acceptors (Lipinski definition) is 8. The van der Waals surface area contributed by atoms with Crippen molar-refractivity contribution >= 4 is 40.1 Å². The first kappa shape index (κ1) is 45.2. The first-order chi connectivity index (χ1) is 26.4. The molecule has 0 aliphatic heterocycles. The van der Waals surface area contributed by atoms with Crippen molar-refractivity contribution < 1.29 is 33.7 Å². The summed E-state index contributed by atoms with van der Waals surface area (Å²) >= 11 is 0. The van der Waals surface area contributed by atoms with E-state index in [1.54, 1.807) is 97.1 Å². The van der Waals surface area contributed by atoms with Crippen molar-refractivity contribution in [2.45, 2.75) is 85.8 Å². The molecule has 0 aliphatic carbocycles. The molecule has 0 radical (unpaired) electrons. The molecule has 12 nitrogen and oxygen atoms in total. The lowest BCUT2D eigenvalue weighted by atomic mass is 10.2. The Hall–Kier alpha value is -3.48. The minimum Gasteiger partial charge on any atom is -0.211 e. The number of sulfonamides is 4. The molecule has 0 heterocycles. The van der Waals surface area contributed by atoms with Gasteiger partial charge in [0.05, 0.1) is 19.6 Å². The minimum absolute atomic E-state index is 0.129. The molecule has 0 atom stereocenters. The van der Waals surface area contributed by atoms with Crippen LogP contribution in [-0.4, -0.2) is 81.6 Å². The van der Waals surface area contributed by atoms with Gasteiger partial charge in [-0.25, -0.2) is 43.1 Å². The van der Waals surface area contributed by atoms with Crippen LogP contribution in [0.2, 0.25) is 0 Å². The van der Waals surface area contributed by atoms with Crippen molar-refractivity contribution in [2.75, 3.05) is 39.3 Å². The highest BCUT2D eigenvalue weighted by molar-refractivity contribution is 7.90. The molecule has 0 aromatic heterocycles. The third kappa shape index (κ3) is 13.0. The molecule has 4 rings (SSSR count). The summed E-state index contributed by atoms with van der Waals surface area (Å²) in [6.07, 6.45) is 2.30. The fourth-order valence-corrected chi connectivity index (χ4v) is 11.0. The largest absolute Gasteiger partial charge is 0.243 e. The number of benzene rings is 4. The smallest absolute Gasteiger partial charge is 0.211 e. The monoisotopic (exact) mass is 846 g/mol. The van der Waals surface area contributed by atoms with Gasteiger partial charge in [0.15, 0.2) is 0 Å². The first-order valence-corrected chi connectivity index (χ1v) is 24.5. The predicted octanol–water partition coefficient (Wildman–Crippen LogP) is 5.90.